The molecule has 3 aromatic rings. The molecule has 1 N–H and O–H groups in total. The van der Waals surface area contributed by atoms with Gasteiger partial charge >= 0.3 is 0 Å². The predicted octanol–water partition coefficient (Wildman–Crippen LogP) is 2.19. The van der Waals surface area contributed by atoms with Crippen molar-refractivity contribution < 1.29 is 4.79 Å². The predicted molar refractivity (Wildman–Crippen MR) is 89.6 cm³/mol. The van der Waals surface area contributed by atoms with Crippen LogP contribution in [0.5, 0.6) is 0 Å². The van der Waals surface area contributed by atoms with Crippen molar-refractivity contribution >= 4 is 16.9 Å². The van der Waals surface area contributed by atoms with E-state index in [1.165, 1.54) is 0 Å². The van der Waals surface area contributed by atoms with Gasteiger partial charge in [-0.25, -0.2) is 4.98 Å². The minimum Gasteiger partial charge on any atom is -0.352 e. The van der Waals surface area contributed by atoms with Gasteiger partial charge in [-0.2, -0.15) is 0 Å². The van der Waals surface area contributed by atoms with Gasteiger partial charge in [-0.3, -0.25) is 14.2 Å². The molecule has 0 spiro atoms. The number of amides is 1. The van der Waals surface area contributed by atoms with E-state index >= 15 is 0 Å². The van der Waals surface area contributed by atoms with Crippen LogP contribution in [-0.4, -0.2) is 22.0 Å². The molecule has 0 aliphatic rings. The monoisotopic (exact) mass is 307 g/mol. The van der Waals surface area contributed by atoms with Crippen molar-refractivity contribution in [2.75, 3.05) is 6.54 Å². The number of pyridine rings is 2. The lowest BCUT2D eigenvalue weighted by atomic mass is 10.1. The van der Waals surface area contributed by atoms with E-state index in [2.05, 4.69) is 10.3 Å². The van der Waals surface area contributed by atoms with Crippen LogP contribution >= 0.6 is 0 Å². The standard InChI is InChI=1S/C18H17N3O2/c1-2-19-17(22)15-11-14-9-6-10-20-16(14)21(18(15)23)12-13-7-4-3-5-8-13/h3-11H,2,12H2,1H3,(H,19,22). The SMILES string of the molecule is CCNC(=O)c1cc2cccnc2n(Cc2ccccc2)c1=O. The molecule has 3 rings (SSSR count). The first kappa shape index (κ1) is 15.0. The maximum Gasteiger partial charge on any atom is 0.265 e. The summed E-state index contributed by atoms with van der Waals surface area (Å²) in [6, 6.07) is 14.9. The lowest BCUT2D eigenvalue weighted by Gasteiger charge is -2.12. The number of nitrogens with zero attached hydrogens (tertiary/aromatic N) is 2. The van der Waals surface area contributed by atoms with Gasteiger partial charge in [0, 0.05) is 18.1 Å². The molecule has 5 nitrogen and oxygen atoms in total. The largest absolute Gasteiger partial charge is 0.352 e. The molecule has 0 unspecified atom stereocenters. The zero-order valence-electron chi connectivity index (χ0n) is 12.8. The molecule has 0 bridgehead atoms. The highest BCUT2D eigenvalue weighted by Gasteiger charge is 2.15. The molecular weight excluding hydrogens is 290 g/mol. The second-order valence-electron chi connectivity index (χ2n) is 5.21. The summed E-state index contributed by atoms with van der Waals surface area (Å²) in [4.78, 5) is 29.3. The Morgan fingerprint density at radius 1 is 1.17 bits per heavy atom. The van der Waals surface area contributed by atoms with Gasteiger partial charge in [0.1, 0.15) is 11.2 Å². The maximum atomic E-state index is 12.8. The van der Waals surface area contributed by atoms with Crippen molar-refractivity contribution in [2.45, 2.75) is 13.5 Å². The number of benzene rings is 1. The summed E-state index contributed by atoms with van der Waals surface area (Å²) in [5.41, 5.74) is 1.37. The fourth-order valence-electron chi connectivity index (χ4n) is 2.54. The Morgan fingerprint density at radius 2 is 1.96 bits per heavy atom. The number of hydrogen-bond donors (Lipinski definition) is 1. The van der Waals surface area contributed by atoms with E-state index in [1.54, 1.807) is 22.9 Å². The molecule has 0 aliphatic heterocycles. The molecule has 5 heteroatoms. The van der Waals surface area contributed by atoms with Crippen LogP contribution in [0.15, 0.2) is 59.5 Å². The molecule has 2 heterocycles. The van der Waals surface area contributed by atoms with E-state index < -0.39 is 0 Å². The highest BCUT2D eigenvalue weighted by atomic mass is 16.2. The van der Waals surface area contributed by atoms with Crippen molar-refractivity contribution in [3.05, 3.63) is 76.2 Å². The first-order chi connectivity index (χ1) is 11.2. The molecule has 2 aromatic heterocycles. The van der Waals surface area contributed by atoms with E-state index in [1.807, 2.05) is 43.3 Å². The Bertz CT molecular complexity index is 901. The zero-order chi connectivity index (χ0) is 16.2. The van der Waals surface area contributed by atoms with E-state index in [-0.39, 0.29) is 17.0 Å². The summed E-state index contributed by atoms with van der Waals surface area (Å²) < 4.78 is 1.55. The van der Waals surface area contributed by atoms with Crippen molar-refractivity contribution in [3.63, 3.8) is 0 Å². The van der Waals surface area contributed by atoms with Gasteiger partial charge in [0.2, 0.25) is 0 Å². The van der Waals surface area contributed by atoms with Crippen molar-refractivity contribution in [2.24, 2.45) is 0 Å². The van der Waals surface area contributed by atoms with Crippen LogP contribution in [0.2, 0.25) is 0 Å². The van der Waals surface area contributed by atoms with E-state index in [0.29, 0.717) is 18.7 Å². The van der Waals surface area contributed by atoms with Gasteiger partial charge in [-0.15, -0.1) is 0 Å². The fourth-order valence-corrected chi connectivity index (χ4v) is 2.54. The molecule has 0 saturated heterocycles. The molecule has 0 fully saturated rings. The smallest absolute Gasteiger partial charge is 0.265 e. The van der Waals surface area contributed by atoms with E-state index in [9.17, 15) is 9.59 Å². The molecule has 0 radical (unpaired) electrons. The maximum absolute atomic E-state index is 12.8. The number of rotatable bonds is 4. The van der Waals surface area contributed by atoms with Crippen LogP contribution in [0.3, 0.4) is 0 Å². The number of carbonyl (C=O) groups is 1. The summed E-state index contributed by atoms with van der Waals surface area (Å²) in [5.74, 6) is -0.356. The summed E-state index contributed by atoms with van der Waals surface area (Å²) in [6.07, 6.45) is 1.65. The van der Waals surface area contributed by atoms with Crippen LogP contribution in [0, 0.1) is 0 Å². The molecule has 116 valence electrons. The third-order valence-corrected chi connectivity index (χ3v) is 3.61. The van der Waals surface area contributed by atoms with Gasteiger partial charge in [0.25, 0.3) is 11.5 Å². The third-order valence-electron chi connectivity index (χ3n) is 3.61. The summed E-state index contributed by atoms with van der Waals surface area (Å²) >= 11 is 0. The Balaban J connectivity index is 2.19. The average molecular weight is 307 g/mol. The molecular formula is C18H17N3O2. The van der Waals surface area contributed by atoms with Crippen LogP contribution in [0.1, 0.15) is 22.8 Å². The highest BCUT2D eigenvalue weighted by molar-refractivity contribution is 5.96. The Morgan fingerprint density at radius 3 is 2.70 bits per heavy atom. The van der Waals surface area contributed by atoms with Crippen molar-refractivity contribution in [1.82, 2.24) is 14.9 Å². The van der Waals surface area contributed by atoms with Crippen LogP contribution in [0.25, 0.3) is 11.0 Å². The Labute approximate surface area is 133 Å². The van der Waals surface area contributed by atoms with Crippen LogP contribution in [0.4, 0.5) is 0 Å². The molecule has 1 amide bonds. The van der Waals surface area contributed by atoms with E-state index in [4.69, 9.17) is 0 Å². The quantitative estimate of drug-likeness (QED) is 0.803. The summed E-state index contributed by atoms with van der Waals surface area (Å²) in [7, 11) is 0. The molecule has 23 heavy (non-hydrogen) atoms. The normalized spacial score (nSPS) is 10.7. The number of aromatic nitrogens is 2. The number of carbonyl (C=O) groups excluding carboxylic acids is 1. The fraction of sp³-hybridized carbons (Fsp3) is 0.167. The second kappa shape index (κ2) is 6.44. The Hall–Kier alpha value is -2.95. The molecule has 0 aliphatic carbocycles. The molecule has 0 atom stereocenters. The highest BCUT2D eigenvalue weighted by Crippen LogP contribution is 2.13. The lowest BCUT2D eigenvalue weighted by molar-refractivity contribution is 0.0954. The molecule has 1 aromatic carbocycles. The van der Waals surface area contributed by atoms with Crippen LogP contribution in [-0.2, 0) is 6.54 Å². The minimum atomic E-state index is -0.356. The number of fused-ring (bicyclic) bond motifs is 1. The second-order valence-corrected chi connectivity index (χ2v) is 5.21. The van der Waals surface area contributed by atoms with Gasteiger partial charge in [-0.1, -0.05) is 30.3 Å². The van der Waals surface area contributed by atoms with Crippen molar-refractivity contribution in [1.29, 1.82) is 0 Å². The number of hydrogen-bond acceptors (Lipinski definition) is 3. The van der Waals surface area contributed by atoms with Crippen LogP contribution < -0.4 is 10.9 Å². The zero-order valence-corrected chi connectivity index (χ0v) is 12.8. The summed E-state index contributed by atoms with van der Waals surface area (Å²) in [5, 5.41) is 3.45. The van der Waals surface area contributed by atoms with Gasteiger partial charge < -0.3 is 5.32 Å². The van der Waals surface area contributed by atoms with Crippen molar-refractivity contribution in [3.8, 4) is 0 Å². The first-order valence-electron chi connectivity index (χ1n) is 7.51. The average Bonchev–Trinajstić information content (AvgIpc) is 2.58. The third kappa shape index (κ3) is 2.99. The topological polar surface area (TPSA) is 64.0 Å². The first-order valence-corrected chi connectivity index (χ1v) is 7.51. The van der Waals surface area contributed by atoms with Gasteiger partial charge in [-0.05, 0) is 30.7 Å². The Kier molecular flexibility index (Phi) is 4.19. The minimum absolute atomic E-state index is 0.142. The summed E-state index contributed by atoms with van der Waals surface area (Å²) in [6.45, 7) is 2.67. The van der Waals surface area contributed by atoms with Gasteiger partial charge in [0.05, 0.1) is 6.54 Å². The number of nitrogens with one attached hydrogen (secondary N) is 1. The van der Waals surface area contributed by atoms with E-state index in [0.717, 1.165) is 10.9 Å². The lowest BCUT2D eigenvalue weighted by Crippen LogP contribution is -2.33. The van der Waals surface area contributed by atoms with Gasteiger partial charge in [0.15, 0.2) is 0 Å². The molecule has 0 saturated carbocycles.